The van der Waals surface area contributed by atoms with Crippen molar-refractivity contribution in [1.82, 2.24) is 10.9 Å². The summed E-state index contributed by atoms with van der Waals surface area (Å²) >= 11 is 0. The molecule has 9 nitrogen and oxygen atoms in total. The number of hydrogen-bond donors (Lipinski definition) is 2. The average Bonchev–Trinajstić information content (AvgIpc) is 3.52. The standard InChI is InChI=1S/C23H22N2O4S.C11H14N2O/c1-16-8-12-20(13-9-16)29-30(27,28)21-14-10-19(11-15-21)25-22(17(2)23(26)24-25)18-6-4-3-5-7-18;1-8-3-5-10(6-4-8)13-7-9(2)11(14)12-13/h3-15,17,22H,1-2H3,(H,24,26);3-6,9H,7H2,1-2H3,(H,12,14). The van der Waals surface area contributed by atoms with Crippen molar-refractivity contribution in [1.29, 1.82) is 0 Å². The van der Waals surface area contributed by atoms with Crippen LogP contribution in [-0.4, -0.2) is 26.8 Å². The second-order valence-electron chi connectivity index (χ2n) is 11.2. The molecule has 44 heavy (non-hydrogen) atoms. The summed E-state index contributed by atoms with van der Waals surface area (Å²) in [6, 6.07) is 30.8. The zero-order valence-electron chi connectivity index (χ0n) is 25.1. The van der Waals surface area contributed by atoms with Gasteiger partial charge in [0, 0.05) is 0 Å². The number of anilines is 2. The van der Waals surface area contributed by atoms with Gasteiger partial charge in [0.05, 0.1) is 35.8 Å². The summed E-state index contributed by atoms with van der Waals surface area (Å²) in [6.07, 6.45) is 0. The van der Waals surface area contributed by atoms with Crippen LogP contribution in [-0.2, 0) is 19.7 Å². The zero-order chi connectivity index (χ0) is 31.4. The van der Waals surface area contributed by atoms with Crippen LogP contribution in [0.4, 0.5) is 11.4 Å². The van der Waals surface area contributed by atoms with Crippen molar-refractivity contribution < 1.29 is 22.2 Å². The minimum absolute atomic E-state index is 0.0432. The number of amides is 2. The lowest BCUT2D eigenvalue weighted by Crippen LogP contribution is -2.34. The molecule has 4 aromatic carbocycles. The van der Waals surface area contributed by atoms with Crippen LogP contribution in [0, 0.1) is 25.7 Å². The molecular weight excluding hydrogens is 576 g/mol. The van der Waals surface area contributed by atoms with Crippen LogP contribution in [0.5, 0.6) is 5.75 Å². The van der Waals surface area contributed by atoms with E-state index in [1.165, 1.54) is 17.7 Å². The molecule has 2 aliphatic rings. The number of hydrazine groups is 2. The molecule has 0 saturated carbocycles. The van der Waals surface area contributed by atoms with Crippen LogP contribution in [0.1, 0.15) is 36.6 Å². The first-order valence-electron chi connectivity index (χ1n) is 14.4. The fraction of sp³-hybridized carbons (Fsp3) is 0.235. The van der Waals surface area contributed by atoms with E-state index in [4.69, 9.17) is 4.18 Å². The van der Waals surface area contributed by atoms with Crippen LogP contribution in [0.3, 0.4) is 0 Å². The van der Waals surface area contributed by atoms with E-state index in [0.717, 1.165) is 23.4 Å². The molecule has 4 aromatic rings. The van der Waals surface area contributed by atoms with Crippen LogP contribution < -0.4 is 25.1 Å². The predicted molar refractivity (Wildman–Crippen MR) is 170 cm³/mol. The Bertz CT molecular complexity index is 1710. The SMILES string of the molecule is Cc1ccc(N2CC(C)C(=O)N2)cc1.Cc1ccc(OS(=O)(=O)c2ccc(N3NC(=O)C(C)C3c3ccccc3)cc2)cc1. The van der Waals surface area contributed by atoms with E-state index in [-0.39, 0.29) is 40.3 Å². The van der Waals surface area contributed by atoms with Gasteiger partial charge in [-0.15, -0.1) is 0 Å². The highest BCUT2D eigenvalue weighted by Crippen LogP contribution is 2.36. The Kier molecular flexibility index (Phi) is 8.91. The van der Waals surface area contributed by atoms with Crippen LogP contribution >= 0.6 is 0 Å². The molecule has 2 N–H and O–H groups in total. The van der Waals surface area contributed by atoms with Gasteiger partial charge < -0.3 is 4.18 Å². The zero-order valence-corrected chi connectivity index (χ0v) is 25.9. The predicted octanol–water partition coefficient (Wildman–Crippen LogP) is 5.47. The third-order valence-electron chi connectivity index (χ3n) is 7.66. The molecule has 3 unspecified atom stereocenters. The van der Waals surface area contributed by atoms with Crippen molar-refractivity contribution in [3.05, 3.63) is 120 Å². The van der Waals surface area contributed by atoms with Gasteiger partial charge in [-0.2, -0.15) is 8.42 Å². The van der Waals surface area contributed by atoms with E-state index in [2.05, 4.69) is 17.8 Å². The molecule has 2 heterocycles. The molecule has 0 radical (unpaired) electrons. The van der Waals surface area contributed by atoms with Gasteiger partial charge >= 0.3 is 10.1 Å². The number of nitrogens with one attached hydrogen (secondary N) is 2. The van der Waals surface area contributed by atoms with Crippen molar-refractivity contribution >= 4 is 33.3 Å². The van der Waals surface area contributed by atoms with E-state index >= 15 is 0 Å². The minimum atomic E-state index is -3.96. The highest BCUT2D eigenvalue weighted by molar-refractivity contribution is 7.87. The fourth-order valence-electron chi connectivity index (χ4n) is 5.05. The molecule has 6 rings (SSSR count). The number of carbonyl (C=O) groups is 2. The van der Waals surface area contributed by atoms with Crippen molar-refractivity contribution in [3.8, 4) is 5.75 Å². The summed E-state index contributed by atoms with van der Waals surface area (Å²) in [7, 11) is -3.96. The molecule has 3 atom stereocenters. The Balaban J connectivity index is 0.000000229. The maximum absolute atomic E-state index is 12.6. The highest BCUT2D eigenvalue weighted by Gasteiger charge is 2.39. The van der Waals surface area contributed by atoms with Crippen molar-refractivity contribution in [2.24, 2.45) is 11.8 Å². The lowest BCUT2D eigenvalue weighted by Gasteiger charge is -2.27. The molecular formula is C34H36N4O5S. The Hall–Kier alpha value is -4.83. The van der Waals surface area contributed by atoms with Gasteiger partial charge in [0.25, 0.3) is 0 Å². The molecule has 228 valence electrons. The summed E-state index contributed by atoms with van der Waals surface area (Å²) in [6.45, 7) is 8.53. The number of aryl methyl sites for hydroxylation is 2. The molecule has 0 aromatic heterocycles. The average molecular weight is 613 g/mol. The molecule has 0 spiro atoms. The van der Waals surface area contributed by atoms with Gasteiger partial charge in [-0.3, -0.25) is 30.5 Å². The smallest absolute Gasteiger partial charge is 0.339 e. The van der Waals surface area contributed by atoms with Gasteiger partial charge in [-0.05, 0) is 67.9 Å². The van der Waals surface area contributed by atoms with Crippen LogP contribution in [0.25, 0.3) is 0 Å². The second-order valence-corrected chi connectivity index (χ2v) is 12.7. The van der Waals surface area contributed by atoms with Crippen LogP contribution in [0.2, 0.25) is 0 Å². The summed E-state index contributed by atoms with van der Waals surface area (Å²) in [5.74, 6) is 0.111. The summed E-state index contributed by atoms with van der Waals surface area (Å²) < 4.78 is 30.4. The molecule has 2 fully saturated rings. The van der Waals surface area contributed by atoms with Gasteiger partial charge in [0.2, 0.25) is 11.8 Å². The third-order valence-corrected chi connectivity index (χ3v) is 8.92. The first-order valence-corrected chi connectivity index (χ1v) is 15.8. The normalized spacial score (nSPS) is 19.6. The minimum Gasteiger partial charge on any atom is -0.379 e. The van der Waals surface area contributed by atoms with E-state index in [9.17, 15) is 18.0 Å². The highest BCUT2D eigenvalue weighted by atomic mass is 32.2. The van der Waals surface area contributed by atoms with Gasteiger partial charge in [0.1, 0.15) is 10.6 Å². The molecule has 0 bridgehead atoms. The number of rotatable bonds is 6. The molecule has 2 amide bonds. The Morgan fingerprint density at radius 3 is 1.84 bits per heavy atom. The summed E-state index contributed by atoms with van der Waals surface area (Å²) in [5, 5.41) is 3.67. The Labute approximate surface area is 258 Å². The first kappa shape index (κ1) is 30.6. The first-order chi connectivity index (χ1) is 21.0. The largest absolute Gasteiger partial charge is 0.379 e. The molecule has 2 saturated heterocycles. The summed E-state index contributed by atoms with van der Waals surface area (Å²) in [4.78, 5) is 23.6. The molecule has 10 heteroatoms. The second kappa shape index (κ2) is 12.8. The monoisotopic (exact) mass is 612 g/mol. The number of nitrogens with zero attached hydrogens (tertiary/aromatic N) is 2. The lowest BCUT2D eigenvalue weighted by atomic mass is 9.95. The quantitative estimate of drug-likeness (QED) is 0.278. The van der Waals surface area contributed by atoms with Crippen molar-refractivity contribution in [2.45, 2.75) is 38.6 Å². The van der Waals surface area contributed by atoms with Crippen molar-refractivity contribution in [2.75, 3.05) is 16.6 Å². The maximum Gasteiger partial charge on any atom is 0.339 e. The molecule has 0 aliphatic carbocycles. The Morgan fingerprint density at radius 1 is 0.705 bits per heavy atom. The summed E-state index contributed by atoms with van der Waals surface area (Å²) in [5.41, 5.74) is 10.7. The molecule has 2 aliphatic heterocycles. The van der Waals surface area contributed by atoms with Crippen LogP contribution in [0.15, 0.2) is 108 Å². The third kappa shape index (κ3) is 6.86. The van der Waals surface area contributed by atoms with Gasteiger partial charge in [0.15, 0.2) is 0 Å². The van der Waals surface area contributed by atoms with Crippen molar-refractivity contribution in [3.63, 3.8) is 0 Å². The van der Waals surface area contributed by atoms with E-state index in [0.29, 0.717) is 5.69 Å². The number of benzene rings is 4. The Morgan fingerprint density at radius 2 is 1.27 bits per heavy atom. The lowest BCUT2D eigenvalue weighted by molar-refractivity contribution is -0.122. The fourth-order valence-corrected chi connectivity index (χ4v) is 5.98. The number of hydrogen-bond acceptors (Lipinski definition) is 7. The van der Waals surface area contributed by atoms with Gasteiger partial charge in [-0.25, -0.2) is 0 Å². The van der Waals surface area contributed by atoms with E-state index in [1.807, 2.05) is 80.4 Å². The maximum atomic E-state index is 12.6. The van der Waals surface area contributed by atoms with E-state index < -0.39 is 10.1 Å². The number of carbonyl (C=O) groups excluding carboxylic acids is 2. The topological polar surface area (TPSA) is 108 Å². The van der Waals surface area contributed by atoms with Gasteiger partial charge in [-0.1, -0.05) is 79.6 Å². The van der Waals surface area contributed by atoms with E-state index in [1.54, 1.807) is 41.4 Å².